The number of amides is 1. The van der Waals surface area contributed by atoms with Gasteiger partial charge in [0.05, 0.1) is 28.4 Å². The van der Waals surface area contributed by atoms with Gasteiger partial charge in [-0.1, -0.05) is 6.92 Å². The van der Waals surface area contributed by atoms with E-state index in [1.165, 1.54) is 27.0 Å². The van der Waals surface area contributed by atoms with E-state index in [0.717, 1.165) is 23.0 Å². The first kappa shape index (κ1) is 20.2. The van der Waals surface area contributed by atoms with Crippen molar-refractivity contribution < 1.29 is 28.0 Å². The van der Waals surface area contributed by atoms with Gasteiger partial charge >= 0.3 is 11.6 Å². The van der Waals surface area contributed by atoms with Gasteiger partial charge in [-0.3, -0.25) is 14.9 Å². The summed E-state index contributed by atoms with van der Waals surface area (Å²) in [6, 6.07) is 2.53. The number of nitrogens with one attached hydrogen (secondary N) is 1. The van der Waals surface area contributed by atoms with Crippen molar-refractivity contribution in [1.29, 1.82) is 0 Å². The number of hydrogen-bond donors (Lipinski definition) is 2. The number of aromatic nitrogens is 2. The number of anilines is 1. The Bertz CT molecular complexity index is 984. The maximum atomic E-state index is 12.4. The third-order valence-corrected chi connectivity index (χ3v) is 5.54. The summed E-state index contributed by atoms with van der Waals surface area (Å²) in [5.41, 5.74) is -0.508. The van der Waals surface area contributed by atoms with Crippen LogP contribution in [0.3, 0.4) is 0 Å². The number of benzene rings is 1. The fourth-order valence-corrected chi connectivity index (χ4v) is 3.07. The molecule has 0 aliphatic carbocycles. The molecule has 11 nitrogen and oxygen atoms in total. The van der Waals surface area contributed by atoms with Crippen LogP contribution in [-0.4, -0.2) is 47.0 Å². The lowest BCUT2D eigenvalue weighted by Crippen LogP contribution is -2.24. The summed E-state index contributed by atoms with van der Waals surface area (Å²) in [6.45, 7) is 2.90. The molecule has 1 atom stereocenters. The number of sulfone groups is 1. The minimum Gasteiger partial charge on any atom is -0.506 e. The Balaban J connectivity index is 2.29. The van der Waals surface area contributed by atoms with E-state index in [4.69, 9.17) is 4.74 Å². The van der Waals surface area contributed by atoms with Gasteiger partial charge in [-0.25, -0.2) is 13.1 Å². The first-order valence-electron chi connectivity index (χ1n) is 7.74. The normalized spacial score (nSPS) is 12.4. The standard InChI is InChI=1S/C15H18N4O7S/c1-4-27(24,25)10-5-6-13(20)11(7-10)16-14(21)9(2)18-8-12(19(22)23)15(17-18)26-3/h5-9,20H,4H2,1-3H3,(H,16,21). The SMILES string of the molecule is CCS(=O)(=O)c1ccc(O)c(NC(=O)C(C)n2cc([N+](=O)[O-])c(OC)n2)c1. The van der Waals surface area contributed by atoms with Crippen molar-refractivity contribution in [3.05, 3.63) is 34.5 Å². The van der Waals surface area contributed by atoms with Gasteiger partial charge in [0.25, 0.3) is 0 Å². The summed E-state index contributed by atoms with van der Waals surface area (Å²) in [7, 11) is -2.32. The lowest BCUT2D eigenvalue weighted by Gasteiger charge is -2.14. The molecule has 0 radical (unpaired) electrons. The van der Waals surface area contributed by atoms with Crippen LogP contribution in [0.15, 0.2) is 29.3 Å². The summed E-state index contributed by atoms with van der Waals surface area (Å²) < 4.78 is 29.8. The highest BCUT2D eigenvalue weighted by Gasteiger charge is 2.26. The smallest absolute Gasteiger partial charge is 0.350 e. The highest BCUT2D eigenvalue weighted by molar-refractivity contribution is 7.91. The summed E-state index contributed by atoms with van der Waals surface area (Å²) >= 11 is 0. The number of phenols is 1. The van der Waals surface area contributed by atoms with Crippen molar-refractivity contribution in [3.8, 4) is 11.6 Å². The van der Waals surface area contributed by atoms with E-state index in [1.54, 1.807) is 0 Å². The van der Waals surface area contributed by atoms with Gasteiger partial charge in [0.1, 0.15) is 18.0 Å². The van der Waals surface area contributed by atoms with Gasteiger partial charge < -0.3 is 15.2 Å². The van der Waals surface area contributed by atoms with Gasteiger partial charge in [-0.2, -0.15) is 0 Å². The van der Waals surface area contributed by atoms with Crippen LogP contribution in [0.2, 0.25) is 0 Å². The number of carbonyl (C=O) groups is 1. The second-order valence-corrected chi connectivity index (χ2v) is 7.79. The molecule has 0 aliphatic heterocycles. The van der Waals surface area contributed by atoms with Crippen LogP contribution in [0, 0.1) is 10.1 Å². The van der Waals surface area contributed by atoms with E-state index < -0.39 is 32.4 Å². The Hall–Kier alpha value is -3.15. The van der Waals surface area contributed by atoms with Crippen molar-refractivity contribution >= 4 is 27.1 Å². The first-order chi connectivity index (χ1) is 12.6. The Morgan fingerprint density at radius 1 is 1.48 bits per heavy atom. The molecule has 0 fully saturated rings. The maximum Gasteiger partial charge on any atom is 0.350 e. The van der Waals surface area contributed by atoms with Gasteiger partial charge in [-0.15, -0.1) is 5.10 Å². The van der Waals surface area contributed by atoms with Crippen LogP contribution in [0.25, 0.3) is 0 Å². The fourth-order valence-electron chi connectivity index (χ4n) is 2.17. The summed E-state index contributed by atoms with van der Waals surface area (Å²) in [5.74, 6) is -1.39. The molecule has 0 spiro atoms. The van der Waals surface area contributed by atoms with Crippen molar-refractivity contribution in [3.63, 3.8) is 0 Å². The molecule has 0 bridgehead atoms. The van der Waals surface area contributed by atoms with Crippen molar-refractivity contribution in [2.75, 3.05) is 18.2 Å². The van der Waals surface area contributed by atoms with E-state index in [0.29, 0.717) is 0 Å². The molecular formula is C15H18N4O7S. The molecule has 2 rings (SSSR count). The predicted molar refractivity (Wildman–Crippen MR) is 94.6 cm³/mol. The lowest BCUT2D eigenvalue weighted by molar-refractivity contribution is -0.385. The molecule has 0 saturated heterocycles. The van der Waals surface area contributed by atoms with Crippen LogP contribution in [0.1, 0.15) is 19.9 Å². The van der Waals surface area contributed by atoms with Crippen LogP contribution >= 0.6 is 0 Å². The van der Waals surface area contributed by atoms with E-state index in [-0.39, 0.29) is 28.0 Å². The molecule has 146 valence electrons. The Morgan fingerprint density at radius 3 is 2.67 bits per heavy atom. The Kier molecular flexibility index (Phi) is 5.69. The zero-order valence-corrected chi connectivity index (χ0v) is 15.6. The molecular weight excluding hydrogens is 380 g/mol. The molecule has 1 amide bonds. The molecule has 2 N–H and O–H groups in total. The summed E-state index contributed by atoms with van der Waals surface area (Å²) in [6.07, 6.45) is 1.04. The number of nitro groups is 1. The fraction of sp³-hybridized carbons (Fsp3) is 0.333. The molecule has 1 aromatic heterocycles. The van der Waals surface area contributed by atoms with Crippen molar-refractivity contribution in [2.45, 2.75) is 24.8 Å². The monoisotopic (exact) mass is 398 g/mol. The zero-order valence-electron chi connectivity index (χ0n) is 14.7. The van der Waals surface area contributed by atoms with Gasteiger partial charge in [0.2, 0.25) is 5.91 Å². The Labute approximate surface area is 154 Å². The number of hydrogen-bond acceptors (Lipinski definition) is 8. The highest BCUT2D eigenvalue weighted by atomic mass is 32.2. The topological polar surface area (TPSA) is 154 Å². The van der Waals surface area contributed by atoms with Crippen LogP contribution in [0.5, 0.6) is 11.6 Å². The lowest BCUT2D eigenvalue weighted by atomic mass is 10.2. The maximum absolute atomic E-state index is 12.4. The Morgan fingerprint density at radius 2 is 2.15 bits per heavy atom. The van der Waals surface area contributed by atoms with Gasteiger partial charge in [0.15, 0.2) is 9.84 Å². The third-order valence-electron chi connectivity index (χ3n) is 3.81. The van der Waals surface area contributed by atoms with E-state index in [2.05, 4.69) is 10.4 Å². The quantitative estimate of drug-likeness (QED) is 0.404. The van der Waals surface area contributed by atoms with Crippen molar-refractivity contribution in [2.24, 2.45) is 0 Å². The summed E-state index contributed by atoms with van der Waals surface area (Å²) in [5, 5.41) is 27.1. The predicted octanol–water partition coefficient (Wildman–Crippen LogP) is 1.50. The molecule has 12 heteroatoms. The summed E-state index contributed by atoms with van der Waals surface area (Å²) in [4.78, 5) is 22.6. The molecule has 1 aromatic carbocycles. The number of carbonyl (C=O) groups excluding carboxylic acids is 1. The average Bonchev–Trinajstić information content (AvgIpc) is 3.07. The first-order valence-corrected chi connectivity index (χ1v) is 9.40. The number of ether oxygens (including phenoxy) is 1. The van der Waals surface area contributed by atoms with Crippen LogP contribution < -0.4 is 10.1 Å². The molecule has 27 heavy (non-hydrogen) atoms. The second-order valence-electron chi connectivity index (χ2n) is 5.51. The number of aromatic hydroxyl groups is 1. The number of rotatable bonds is 7. The average molecular weight is 398 g/mol. The van der Waals surface area contributed by atoms with Crippen molar-refractivity contribution in [1.82, 2.24) is 9.78 Å². The van der Waals surface area contributed by atoms with Gasteiger partial charge in [-0.05, 0) is 25.1 Å². The molecule has 2 aromatic rings. The zero-order chi connectivity index (χ0) is 20.4. The molecule has 0 aliphatic rings. The van der Waals surface area contributed by atoms with Crippen LogP contribution in [-0.2, 0) is 14.6 Å². The van der Waals surface area contributed by atoms with Crippen LogP contribution in [0.4, 0.5) is 11.4 Å². The van der Waals surface area contributed by atoms with Gasteiger partial charge in [0, 0.05) is 0 Å². The minimum absolute atomic E-state index is 0.0536. The molecule has 1 heterocycles. The number of methoxy groups -OCH3 is 1. The number of nitrogens with zero attached hydrogens (tertiary/aromatic N) is 3. The third kappa shape index (κ3) is 4.16. The highest BCUT2D eigenvalue weighted by Crippen LogP contribution is 2.29. The molecule has 1 unspecified atom stereocenters. The second kappa shape index (κ2) is 7.61. The van der Waals surface area contributed by atoms with E-state index in [1.807, 2.05) is 0 Å². The minimum atomic E-state index is -3.53. The molecule has 0 saturated carbocycles. The number of phenolic OH excluding ortho intramolecular Hbond substituents is 1. The van der Waals surface area contributed by atoms with E-state index >= 15 is 0 Å². The van der Waals surface area contributed by atoms with E-state index in [9.17, 15) is 28.4 Å². The largest absolute Gasteiger partial charge is 0.506 e.